The molecule has 0 spiro atoms. The molecule has 1 heterocycles. The van der Waals surface area contributed by atoms with E-state index in [0.29, 0.717) is 0 Å². The van der Waals surface area contributed by atoms with E-state index in [4.69, 9.17) is 5.73 Å². The summed E-state index contributed by atoms with van der Waals surface area (Å²) < 4.78 is 27.8. The second kappa shape index (κ2) is 7.22. The van der Waals surface area contributed by atoms with Crippen molar-refractivity contribution in [3.8, 4) is 11.1 Å². The molecule has 6 heteroatoms. The number of nitrogens with two attached hydrogens (primary N) is 1. The molecule has 4 rings (SSSR count). The molecular formula is C22H20N2O3S. The Morgan fingerprint density at radius 2 is 1.39 bits per heavy atom. The maximum absolute atomic E-state index is 13.3. The van der Waals surface area contributed by atoms with Crippen molar-refractivity contribution in [1.82, 2.24) is 4.31 Å². The summed E-state index contributed by atoms with van der Waals surface area (Å²) in [5.41, 5.74) is 9.33. The molecule has 0 radical (unpaired) electrons. The third kappa shape index (κ3) is 3.32. The van der Waals surface area contributed by atoms with E-state index in [0.717, 1.165) is 22.3 Å². The number of benzene rings is 3. The zero-order valence-electron chi connectivity index (χ0n) is 15.2. The minimum absolute atomic E-state index is 0.131. The molecule has 0 aliphatic carbocycles. The van der Waals surface area contributed by atoms with Gasteiger partial charge in [0.2, 0.25) is 15.9 Å². The number of nitrogens with zero attached hydrogens (tertiary/aromatic N) is 1. The van der Waals surface area contributed by atoms with E-state index in [2.05, 4.69) is 0 Å². The predicted octanol–water partition coefficient (Wildman–Crippen LogP) is 2.95. The molecule has 2 N–H and O–H groups in total. The van der Waals surface area contributed by atoms with E-state index in [-0.39, 0.29) is 17.9 Å². The number of sulfonamides is 1. The first-order valence-electron chi connectivity index (χ1n) is 9.00. The molecule has 142 valence electrons. The maximum atomic E-state index is 13.3. The third-order valence-corrected chi connectivity index (χ3v) is 6.97. The van der Waals surface area contributed by atoms with Crippen molar-refractivity contribution < 1.29 is 13.2 Å². The summed E-state index contributed by atoms with van der Waals surface area (Å²) in [6.07, 6.45) is 0.285. The van der Waals surface area contributed by atoms with E-state index < -0.39 is 22.0 Å². The van der Waals surface area contributed by atoms with Crippen molar-refractivity contribution in [3.05, 3.63) is 90.0 Å². The average molecular weight is 392 g/mol. The van der Waals surface area contributed by atoms with Crippen LogP contribution in [0.25, 0.3) is 11.1 Å². The highest BCUT2D eigenvalue weighted by Crippen LogP contribution is 2.30. The largest absolute Gasteiger partial charge is 0.368 e. The van der Waals surface area contributed by atoms with Crippen molar-refractivity contribution in [2.45, 2.75) is 23.9 Å². The van der Waals surface area contributed by atoms with Crippen molar-refractivity contribution in [2.24, 2.45) is 5.73 Å². The van der Waals surface area contributed by atoms with Crippen molar-refractivity contribution in [2.75, 3.05) is 0 Å². The van der Waals surface area contributed by atoms with Crippen LogP contribution in [0.5, 0.6) is 0 Å². The smallest absolute Gasteiger partial charge is 0.244 e. The summed E-state index contributed by atoms with van der Waals surface area (Å²) in [6, 6.07) is 23.1. The van der Waals surface area contributed by atoms with Crippen molar-refractivity contribution in [3.63, 3.8) is 0 Å². The quantitative estimate of drug-likeness (QED) is 0.741. The first-order chi connectivity index (χ1) is 13.5. The van der Waals surface area contributed by atoms with Gasteiger partial charge in [0.1, 0.15) is 6.04 Å². The number of carbonyl (C=O) groups excluding carboxylic acids is 1. The van der Waals surface area contributed by atoms with Gasteiger partial charge in [0, 0.05) is 6.54 Å². The molecule has 3 aromatic rings. The summed E-state index contributed by atoms with van der Waals surface area (Å²) in [5, 5.41) is 0. The molecule has 0 aromatic heterocycles. The Morgan fingerprint density at radius 1 is 0.821 bits per heavy atom. The van der Waals surface area contributed by atoms with Crippen LogP contribution >= 0.6 is 0 Å². The third-order valence-electron chi connectivity index (χ3n) is 5.10. The van der Waals surface area contributed by atoms with E-state index in [1.165, 1.54) is 4.31 Å². The van der Waals surface area contributed by atoms with E-state index in [9.17, 15) is 13.2 Å². The van der Waals surface area contributed by atoms with Gasteiger partial charge in [-0.25, -0.2) is 8.42 Å². The minimum Gasteiger partial charge on any atom is -0.368 e. The monoisotopic (exact) mass is 392 g/mol. The Bertz CT molecular complexity index is 1110. The highest BCUT2D eigenvalue weighted by molar-refractivity contribution is 7.89. The van der Waals surface area contributed by atoms with E-state index >= 15 is 0 Å². The summed E-state index contributed by atoms with van der Waals surface area (Å²) in [6.45, 7) is 0.131. The van der Waals surface area contributed by atoms with Crippen LogP contribution < -0.4 is 5.73 Å². The fraction of sp³-hybridized carbons (Fsp3) is 0.136. The van der Waals surface area contributed by atoms with Crippen LogP contribution in [-0.2, 0) is 27.8 Å². The van der Waals surface area contributed by atoms with Crippen LogP contribution in [0.4, 0.5) is 0 Å². The Morgan fingerprint density at radius 3 is 2.04 bits per heavy atom. The lowest BCUT2D eigenvalue weighted by Crippen LogP contribution is -2.50. The minimum atomic E-state index is -3.87. The lowest BCUT2D eigenvalue weighted by Gasteiger charge is -2.34. The lowest BCUT2D eigenvalue weighted by molar-refractivity contribution is -0.122. The molecule has 1 aliphatic heterocycles. The molecule has 0 saturated carbocycles. The highest BCUT2D eigenvalue weighted by atomic mass is 32.2. The first kappa shape index (κ1) is 18.4. The van der Waals surface area contributed by atoms with Crippen LogP contribution in [0.1, 0.15) is 11.1 Å². The Hall–Kier alpha value is -2.96. The molecule has 0 fully saturated rings. The Balaban J connectivity index is 1.70. The molecule has 5 nitrogen and oxygen atoms in total. The Kier molecular flexibility index (Phi) is 4.75. The molecule has 28 heavy (non-hydrogen) atoms. The standard InChI is InChI=1S/C22H20N2O3S/c23-22(25)21-14-18-8-4-5-9-19(18)15-24(21)28(26,27)20-12-10-17(11-13-20)16-6-2-1-3-7-16/h1-13,21H,14-15H2,(H2,23,25)/t21-/m0/s1. The second-order valence-electron chi connectivity index (χ2n) is 6.83. The van der Waals surface area contributed by atoms with Gasteiger partial charge in [0.05, 0.1) is 4.90 Å². The van der Waals surface area contributed by atoms with Gasteiger partial charge in [-0.1, -0.05) is 66.7 Å². The maximum Gasteiger partial charge on any atom is 0.244 e. The topological polar surface area (TPSA) is 80.5 Å². The molecule has 1 aliphatic rings. The molecule has 1 amide bonds. The van der Waals surface area contributed by atoms with Gasteiger partial charge in [0.25, 0.3) is 0 Å². The zero-order valence-corrected chi connectivity index (χ0v) is 16.0. The first-order valence-corrected chi connectivity index (χ1v) is 10.4. The van der Waals surface area contributed by atoms with Gasteiger partial charge in [0.15, 0.2) is 0 Å². The number of hydrogen-bond acceptors (Lipinski definition) is 3. The van der Waals surface area contributed by atoms with Crippen LogP contribution in [0, 0.1) is 0 Å². The predicted molar refractivity (Wildman–Crippen MR) is 108 cm³/mol. The fourth-order valence-corrected chi connectivity index (χ4v) is 5.15. The number of primary amides is 1. The van der Waals surface area contributed by atoms with Crippen LogP contribution in [0.15, 0.2) is 83.8 Å². The molecular weight excluding hydrogens is 372 g/mol. The number of hydrogen-bond donors (Lipinski definition) is 1. The SMILES string of the molecule is NC(=O)[C@@H]1Cc2ccccc2CN1S(=O)(=O)c1ccc(-c2ccccc2)cc1. The summed E-state index contributed by atoms with van der Waals surface area (Å²) in [7, 11) is -3.87. The normalized spacial score (nSPS) is 17.1. The van der Waals surface area contributed by atoms with Gasteiger partial charge in [-0.15, -0.1) is 0 Å². The number of carbonyl (C=O) groups is 1. The summed E-state index contributed by atoms with van der Waals surface area (Å²) in [4.78, 5) is 12.2. The van der Waals surface area contributed by atoms with Crippen molar-refractivity contribution in [1.29, 1.82) is 0 Å². The number of amides is 1. The molecule has 1 atom stereocenters. The van der Waals surface area contributed by atoms with E-state index in [1.807, 2.05) is 54.6 Å². The molecule has 3 aromatic carbocycles. The molecule has 0 unspecified atom stereocenters. The van der Waals surface area contributed by atoms with Gasteiger partial charge in [-0.05, 0) is 40.8 Å². The fourth-order valence-electron chi connectivity index (χ4n) is 3.58. The molecule has 0 saturated heterocycles. The van der Waals surface area contributed by atoms with Crippen LogP contribution in [0.3, 0.4) is 0 Å². The van der Waals surface area contributed by atoms with E-state index in [1.54, 1.807) is 24.3 Å². The highest BCUT2D eigenvalue weighted by Gasteiger charge is 2.38. The average Bonchev–Trinajstić information content (AvgIpc) is 2.73. The lowest BCUT2D eigenvalue weighted by atomic mass is 9.96. The number of rotatable bonds is 4. The number of fused-ring (bicyclic) bond motifs is 1. The molecule has 0 bridgehead atoms. The van der Waals surface area contributed by atoms with Gasteiger partial charge >= 0.3 is 0 Å². The zero-order chi connectivity index (χ0) is 19.7. The van der Waals surface area contributed by atoms with Crippen molar-refractivity contribution >= 4 is 15.9 Å². The van der Waals surface area contributed by atoms with Gasteiger partial charge in [-0.3, -0.25) is 4.79 Å². The van der Waals surface area contributed by atoms with Crippen LogP contribution in [-0.4, -0.2) is 24.7 Å². The van der Waals surface area contributed by atoms with Crippen LogP contribution in [0.2, 0.25) is 0 Å². The summed E-state index contributed by atoms with van der Waals surface area (Å²) >= 11 is 0. The van der Waals surface area contributed by atoms with Gasteiger partial charge in [-0.2, -0.15) is 4.31 Å². The Labute approximate surface area is 164 Å². The second-order valence-corrected chi connectivity index (χ2v) is 8.72. The van der Waals surface area contributed by atoms with Gasteiger partial charge < -0.3 is 5.73 Å². The summed E-state index contributed by atoms with van der Waals surface area (Å²) in [5.74, 6) is -0.640.